The maximum absolute atomic E-state index is 10.9. The molecule has 1 saturated heterocycles. The number of methoxy groups -OCH3 is 1. The van der Waals surface area contributed by atoms with Gasteiger partial charge in [0, 0.05) is 25.2 Å². The molecule has 0 bridgehead atoms. The van der Waals surface area contributed by atoms with Crippen molar-refractivity contribution in [2.45, 2.75) is 31.3 Å². The van der Waals surface area contributed by atoms with Gasteiger partial charge in [-0.3, -0.25) is 9.69 Å². The Bertz CT molecular complexity index is 216. The van der Waals surface area contributed by atoms with Crippen LogP contribution in [0.25, 0.3) is 0 Å². The Morgan fingerprint density at radius 2 is 2.29 bits per heavy atom. The van der Waals surface area contributed by atoms with E-state index in [0.717, 1.165) is 19.0 Å². The van der Waals surface area contributed by atoms with E-state index < -0.39 is 0 Å². The zero-order valence-electron chi connectivity index (χ0n) is 8.66. The first-order chi connectivity index (χ1) is 6.79. The maximum atomic E-state index is 10.9. The van der Waals surface area contributed by atoms with Gasteiger partial charge in [0.15, 0.2) is 0 Å². The number of ether oxygens (including phenoxy) is 1. The van der Waals surface area contributed by atoms with E-state index >= 15 is 0 Å². The number of hydrogen-bond acceptors (Lipinski definition) is 4. The zero-order chi connectivity index (χ0) is 9.97. The SMILES string of the molecule is COC(=O)CN[C@@H]1CCN(C2CC2)C1. The van der Waals surface area contributed by atoms with E-state index in [2.05, 4.69) is 15.0 Å². The van der Waals surface area contributed by atoms with Crippen molar-refractivity contribution in [3.8, 4) is 0 Å². The smallest absolute Gasteiger partial charge is 0.319 e. The van der Waals surface area contributed by atoms with Gasteiger partial charge in [0.1, 0.15) is 0 Å². The summed E-state index contributed by atoms with van der Waals surface area (Å²) in [7, 11) is 1.43. The van der Waals surface area contributed by atoms with Gasteiger partial charge in [-0.05, 0) is 19.3 Å². The Morgan fingerprint density at radius 3 is 2.93 bits per heavy atom. The number of nitrogens with one attached hydrogen (secondary N) is 1. The minimum atomic E-state index is -0.171. The Hall–Kier alpha value is -0.610. The van der Waals surface area contributed by atoms with Gasteiger partial charge >= 0.3 is 5.97 Å². The summed E-state index contributed by atoms with van der Waals surface area (Å²) in [4.78, 5) is 13.4. The highest BCUT2D eigenvalue weighted by Crippen LogP contribution is 2.29. The molecule has 1 aliphatic heterocycles. The molecule has 0 aromatic rings. The lowest BCUT2D eigenvalue weighted by molar-refractivity contribution is -0.139. The fourth-order valence-electron chi connectivity index (χ4n) is 2.03. The molecule has 0 aromatic heterocycles. The summed E-state index contributed by atoms with van der Waals surface area (Å²) < 4.78 is 4.58. The minimum absolute atomic E-state index is 0.171. The number of nitrogens with zero attached hydrogens (tertiary/aromatic N) is 1. The van der Waals surface area contributed by atoms with Crippen molar-refractivity contribution in [2.75, 3.05) is 26.7 Å². The molecule has 1 saturated carbocycles. The molecule has 0 unspecified atom stereocenters. The number of esters is 1. The van der Waals surface area contributed by atoms with E-state index in [-0.39, 0.29) is 5.97 Å². The number of hydrogen-bond donors (Lipinski definition) is 1. The number of likely N-dealkylation sites (tertiary alicyclic amines) is 1. The molecule has 0 radical (unpaired) electrons. The van der Waals surface area contributed by atoms with Crippen molar-refractivity contribution in [1.82, 2.24) is 10.2 Å². The molecule has 1 atom stereocenters. The quantitative estimate of drug-likeness (QED) is 0.645. The summed E-state index contributed by atoms with van der Waals surface area (Å²) >= 11 is 0. The summed E-state index contributed by atoms with van der Waals surface area (Å²) in [5.41, 5.74) is 0. The second-order valence-corrected chi connectivity index (χ2v) is 4.17. The van der Waals surface area contributed by atoms with Crippen molar-refractivity contribution >= 4 is 5.97 Å². The normalized spacial score (nSPS) is 27.9. The Balaban J connectivity index is 1.65. The lowest BCUT2D eigenvalue weighted by Crippen LogP contribution is -2.36. The Morgan fingerprint density at radius 1 is 1.50 bits per heavy atom. The van der Waals surface area contributed by atoms with Crippen LogP contribution in [-0.2, 0) is 9.53 Å². The highest BCUT2D eigenvalue weighted by atomic mass is 16.5. The van der Waals surface area contributed by atoms with Crippen LogP contribution >= 0.6 is 0 Å². The molecule has 1 aliphatic carbocycles. The van der Waals surface area contributed by atoms with Gasteiger partial charge in [-0.2, -0.15) is 0 Å². The van der Waals surface area contributed by atoms with Gasteiger partial charge in [-0.25, -0.2) is 0 Å². The average Bonchev–Trinajstić information content (AvgIpc) is 2.95. The summed E-state index contributed by atoms with van der Waals surface area (Å²) in [6.45, 7) is 2.63. The lowest BCUT2D eigenvalue weighted by atomic mass is 10.2. The first kappa shape index (κ1) is 9.93. The molecular weight excluding hydrogens is 180 g/mol. The van der Waals surface area contributed by atoms with Crippen LogP contribution in [-0.4, -0.2) is 49.7 Å². The van der Waals surface area contributed by atoms with Gasteiger partial charge in [0.2, 0.25) is 0 Å². The van der Waals surface area contributed by atoms with E-state index in [9.17, 15) is 4.79 Å². The number of carbonyl (C=O) groups excluding carboxylic acids is 1. The predicted molar refractivity (Wildman–Crippen MR) is 53.0 cm³/mol. The van der Waals surface area contributed by atoms with Crippen molar-refractivity contribution < 1.29 is 9.53 Å². The van der Waals surface area contributed by atoms with E-state index in [1.165, 1.54) is 26.5 Å². The van der Waals surface area contributed by atoms with Crippen LogP contribution in [0.4, 0.5) is 0 Å². The molecule has 2 fully saturated rings. The maximum Gasteiger partial charge on any atom is 0.319 e. The summed E-state index contributed by atoms with van der Waals surface area (Å²) in [6, 6.07) is 1.33. The molecule has 4 heteroatoms. The van der Waals surface area contributed by atoms with Gasteiger partial charge in [-0.15, -0.1) is 0 Å². The average molecular weight is 198 g/mol. The molecule has 0 aromatic carbocycles. The Kier molecular flexibility index (Phi) is 3.03. The highest BCUT2D eigenvalue weighted by Gasteiger charge is 2.34. The van der Waals surface area contributed by atoms with E-state index in [1.807, 2.05) is 0 Å². The van der Waals surface area contributed by atoms with Crippen LogP contribution in [0.5, 0.6) is 0 Å². The van der Waals surface area contributed by atoms with Crippen molar-refractivity contribution in [3.63, 3.8) is 0 Å². The minimum Gasteiger partial charge on any atom is -0.468 e. The summed E-state index contributed by atoms with van der Waals surface area (Å²) in [5.74, 6) is -0.171. The number of rotatable bonds is 4. The molecule has 1 heterocycles. The van der Waals surface area contributed by atoms with Crippen LogP contribution < -0.4 is 5.32 Å². The van der Waals surface area contributed by atoms with Crippen LogP contribution in [0, 0.1) is 0 Å². The van der Waals surface area contributed by atoms with E-state index in [0.29, 0.717) is 12.6 Å². The summed E-state index contributed by atoms with van der Waals surface area (Å²) in [5, 5.41) is 3.23. The van der Waals surface area contributed by atoms with Crippen LogP contribution in [0.3, 0.4) is 0 Å². The molecule has 0 spiro atoms. The second kappa shape index (κ2) is 4.28. The molecule has 2 rings (SSSR count). The lowest BCUT2D eigenvalue weighted by Gasteiger charge is -2.15. The fraction of sp³-hybridized carbons (Fsp3) is 0.900. The number of carbonyl (C=O) groups is 1. The van der Waals surface area contributed by atoms with E-state index in [4.69, 9.17) is 0 Å². The zero-order valence-corrected chi connectivity index (χ0v) is 8.66. The Labute approximate surface area is 84.6 Å². The molecule has 14 heavy (non-hydrogen) atoms. The monoisotopic (exact) mass is 198 g/mol. The first-order valence-electron chi connectivity index (χ1n) is 5.34. The third kappa shape index (κ3) is 2.45. The summed E-state index contributed by atoms with van der Waals surface area (Å²) in [6.07, 6.45) is 3.89. The van der Waals surface area contributed by atoms with Crippen LogP contribution in [0.1, 0.15) is 19.3 Å². The first-order valence-corrected chi connectivity index (χ1v) is 5.34. The molecule has 80 valence electrons. The van der Waals surface area contributed by atoms with Crippen molar-refractivity contribution in [2.24, 2.45) is 0 Å². The third-order valence-electron chi connectivity index (χ3n) is 3.05. The van der Waals surface area contributed by atoms with Crippen LogP contribution in [0.2, 0.25) is 0 Å². The fourth-order valence-corrected chi connectivity index (χ4v) is 2.03. The van der Waals surface area contributed by atoms with Gasteiger partial charge < -0.3 is 10.1 Å². The van der Waals surface area contributed by atoms with Gasteiger partial charge in [0.25, 0.3) is 0 Å². The van der Waals surface area contributed by atoms with Crippen LogP contribution in [0.15, 0.2) is 0 Å². The molecule has 4 nitrogen and oxygen atoms in total. The van der Waals surface area contributed by atoms with Gasteiger partial charge in [0.05, 0.1) is 13.7 Å². The molecule has 0 amide bonds. The largest absolute Gasteiger partial charge is 0.468 e. The third-order valence-corrected chi connectivity index (χ3v) is 3.05. The molecular formula is C10H18N2O2. The second-order valence-electron chi connectivity index (χ2n) is 4.17. The van der Waals surface area contributed by atoms with Crippen molar-refractivity contribution in [3.05, 3.63) is 0 Å². The van der Waals surface area contributed by atoms with E-state index in [1.54, 1.807) is 0 Å². The molecule has 1 N–H and O–H groups in total. The van der Waals surface area contributed by atoms with Crippen molar-refractivity contribution in [1.29, 1.82) is 0 Å². The topological polar surface area (TPSA) is 41.6 Å². The highest BCUT2D eigenvalue weighted by molar-refractivity contribution is 5.71. The molecule has 2 aliphatic rings. The predicted octanol–water partition coefficient (Wildman–Crippen LogP) is -0.0143. The standard InChI is InChI=1S/C10H18N2O2/c1-14-10(13)6-11-8-4-5-12(7-8)9-2-3-9/h8-9,11H,2-7H2,1H3/t8-/m1/s1. The van der Waals surface area contributed by atoms with Gasteiger partial charge in [-0.1, -0.05) is 0 Å².